The fourth-order valence-electron chi connectivity index (χ4n) is 5.53. The topological polar surface area (TPSA) is 121 Å². The number of hydrogen-bond acceptors (Lipinski definition) is 6. The third-order valence-electron chi connectivity index (χ3n) is 7.45. The highest BCUT2D eigenvalue weighted by atomic mass is 19.4. The van der Waals surface area contributed by atoms with Gasteiger partial charge in [-0.1, -0.05) is 30.3 Å². The van der Waals surface area contributed by atoms with Crippen LogP contribution in [0.5, 0.6) is 5.75 Å². The minimum absolute atomic E-state index is 0.0445. The first-order chi connectivity index (χ1) is 18.4. The Morgan fingerprint density at radius 3 is 2.54 bits per heavy atom. The number of nitrogens with zero attached hydrogens (tertiary/aromatic N) is 3. The van der Waals surface area contributed by atoms with Gasteiger partial charge in [-0.2, -0.15) is 18.4 Å². The molecule has 0 radical (unpaired) electrons. The molecule has 1 aliphatic carbocycles. The molecule has 1 fully saturated rings. The zero-order valence-corrected chi connectivity index (χ0v) is 21.4. The molecule has 2 aliphatic heterocycles. The van der Waals surface area contributed by atoms with E-state index in [0.29, 0.717) is 23.1 Å². The Balaban J connectivity index is 1.41. The Morgan fingerprint density at radius 1 is 1.21 bits per heavy atom. The second-order valence-corrected chi connectivity index (χ2v) is 10.9. The molecule has 3 aliphatic rings. The number of carbonyl (C=O) groups excluding carboxylic acids is 2. The summed E-state index contributed by atoms with van der Waals surface area (Å²) >= 11 is 0. The average molecular weight is 540 g/mol. The van der Waals surface area contributed by atoms with Crippen LogP contribution in [0.2, 0.25) is 0 Å². The second-order valence-electron chi connectivity index (χ2n) is 10.9. The molecule has 11 heteroatoms. The van der Waals surface area contributed by atoms with Gasteiger partial charge in [0.2, 0.25) is 11.8 Å². The Labute approximate surface area is 223 Å². The fraction of sp³-hybridized carbons (Fsp3) is 0.429. The van der Waals surface area contributed by atoms with E-state index in [0.717, 1.165) is 0 Å². The van der Waals surface area contributed by atoms with Gasteiger partial charge in [-0.3, -0.25) is 14.5 Å². The minimum atomic E-state index is -4.58. The summed E-state index contributed by atoms with van der Waals surface area (Å²) in [6.07, 6.45) is -6.53. The van der Waals surface area contributed by atoms with Gasteiger partial charge in [-0.15, -0.1) is 0 Å². The molecule has 2 amide bonds. The van der Waals surface area contributed by atoms with Crippen LogP contribution in [-0.4, -0.2) is 40.5 Å². The molecule has 0 bridgehead atoms. The third-order valence-corrected chi connectivity index (χ3v) is 7.45. The molecule has 204 valence electrons. The van der Waals surface area contributed by atoms with Crippen molar-refractivity contribution in [2.24, 2.45) is 22.6 Å². The number of nitrogens with two attached hydrogens (primary N) is 1. The summed E-state index contributed by atoms with van der Waals surface area (Å²) in [5, 5.41) is 12.0. The highest BCUT2D eigenvalue weighted by Gasteiger charge is 2.54. The molecule has 0 aromatic heterocycles. The van der Waals surface area contributed by atoms with Crippen LogP contribution in [0, 0.1) is 23.2 Å². The van der Waals surface area contributed by atoms with E-state index < -0.39 is 48.1 Å². The molecule has 5 atom stereocenters. The lowest BCUT2D eigenvalue weighted by molar-refractivity contribution is -0.201. The number of halogens is 3. The van der Waals surface area contributed by atoms with E-state index >= 15 is 0 Å². The van der Waals surface area contributed by atoms with E-state index in [-0.39, 0.29) is 30.0 Å². The van der Waals surface area contributed by atoms with Crippen molar-refractivity contribution in [3.63, 3.8) is 0 Å². The number of alkyl halides is 3. The molecular weight excluding hydrogens is 511 g/mol. The van der Waals surface area contributed by atoms with Crippen molar-refractivity contribution in [3.05, 3.63) is 65.2 Å². The van der Waals surface area contributed by atoms with Crippen LogP contribution in [-0.2, 0) is 9.59 Å². The molecule has 2 heterocycles. The van der Waals surface area contributed by atoms with Crippen LogP contribution in [0.4, 0.5) is 13.2 Å². The van der Waals surface area contributed by atoms with Crippen molar-refractivity contribution in [1.29, 1.82) is 5.26 Å². The van der Waals surface area contributed by atoms with Gasteiger partial charge in [0.25, 0.3) is 0 Å². The van der Waals surface area contributed by atoms with Crippen LogP contribution in [0.15, 0.2) is 53.5 Å². The van der Waals surface area contributed by atoms with Gasteiger partial charge >= 0.3 is 6.18 Å². The maximum atomic E-state index is 13.5. The monoisotopic (exact) mass is 539 g/mol. The molecular formula is C28H28F3N5O3. The summed E-state index contributed by atoms with van der Waals surface area (Å²) in [5.41, 5.74) is 7.21. The van der Waals surface area contributed by atoms with Crippen LogP contribution in [0.25, 0.3) is 0 Å². The number of aliphatic imine (C=N–C) groups is 1. The first kappa shape index (κ1) is 26.5. The summed E-state index contributed by atoms with van der Waals surface area (Å²) < 4.78 is 45.8. The van der Waals surface area contributed by atoms with E-state index in [2.05, 4.69) is 16.4 Å². The summed E-state index contributed by atoms with van der Waals surface area (Å²) in [5.74, 6) is -1.40. The molecule has 2 aromatic carbocycles. The number of rotatable bonds is 5. The normalized spacial score (nSPS) is 26.4. The number of guanidine groups is 1. The number of amides is 2. The maximum absolute atomic E-state index is 13.5. The highest BCUT2D eigenvalue weighted by molar-refractivity contribution is 5.99. The summed E-state index contributed by atoms with van der Waals surface area (Å²) in [6, 6.07) is 13.6. The molecule has 1 saturated carbocycles. The third kappa shape index (κ3) is 5.28. The van der Waals surface area contributed by atoms with Crippen molar-refractivity contribution >= 4 is 17.8 Å². The summed E-state index contributed by atoms with van der Waals surface area (Å²) in [7, 11) is 0. The zero-order chi connectivity index (χ0) is 28.1. The van der Waals surface area contributed by atoms with Crippen LogP contribution in [0.1, 0.15) is 61.9 Å². The van der Waals surface area contributed by atoms with Crippen LogP contribution in [0.3, 0.4) is 0 Å². The Hall–Kier alpha value is -4.07. The molecule has 5 rings (SSSR count). The van der Waals surface area contributed by atoms with E-state index in [1.165, 1.54) is 11.0 Å². The number of hydrogen-bond donors (Lipinski definition) is 2. The number of benzene rings is 2. The number of para-hydroxylation sites is 1. The molecule has 0 saturated heterocycles. The van der Waals surface area contributed by atoms with Gasteiger partial charge in [0.15, 0.2) is 12.1 Å². The van der Waals surface area contributed by atoms with Gasteiger partial charge in [0, 0.05) is 17.9 Å². The quantitative estimate of drug-likeness (QED) is 0.592. The molecule has 3 N–H and O–H groups in total. The van der Waals surface area contributed by atoms with Crippen LogP contribution >= 0.6 is 0 Å². The van der Waals surface area contributed by atoms with Crippen molar-refractivity contribution in [3.8, 4) is 11.8 Å². The molecule has 0 spiro atoms. The zero-order valence-electron chi connectivity index (χ0n) is 21.4. The number of nitrogens with one attached hydrogen (secondary N) is 1. The van der Waals surface area contributed by atoms with E-state index in [1.807, 2.05) is 0 Å². The van der Waals surface area contributed by atoms with Gasteiger partial charge in [0.05, 0.1) is 35.7 Å². The number of carbonyl (C=O) groups is 2. The first-order valence-electron chi connectivity index (χ1n) is 12.7. The first-order valence-corrected chi connectivity index (χ1v) is 12.7. The second kappa shape index (κ2) is 9.59. The maximum Gasteiger partial charge on any atom is 0.425 e. The van der Waals surface area contributed by atoms with E-state index in [4.69, 9.17) is 10.5 Å². The van der Waals surface area contributed by atoms with E-state index in [9.17, 15) is 28.0 Å². The van der Waals surface area contributed by atoms with Crippen molar-refractivity contribution < 1.29 is 27.5 Å². The van der Waals surface area contributed by atoms with Gasteiger partial charge < -0.3 is 15.8 Å². The SMILES string of the molecule is CC1(C)CC(=O)N(C(c2ccc(C#N)cc2)[C@@H]2C[C@H]2C(=O)N[C@@H]2C[C@H](C(F)(F)F)Oc3ccccc32)C(N)=N1. The lowest BCUT2D eigenvalue weighted by Crippen LogP contribution is -2.52. The number of fused-ring (bicyclic) bond motifs is 1. The smallest absolute Gasteiger partial charge is 0.425 e. The average Bonchev–Trinajstić information content (AvgIpc) is 3.66. The minimum Gasteiger partial charge on any atom is -0.480 e. The fourth-order valence-corrected chi connectivity index (χ4v) is 5.53. The van der Waals surface area contributed by atoms with Crippen molar-refractivity contribution in [2.75, 3.05) is 0 Å². The number of ether oxygens (including phenoxy) is 1. The molecule has 2 aromatic rings. The Morgan fingerprint density at radius 2 is 1.90 bits per heavy atom. The van der Waals surface area contributed by atoms with E-state index in [1.54, 1.807) is 56.3 Å². The molecule has 1 unspecified atom stereocenters. The van der Waals surface area contributed by atoms with Gasteiger partial charge in [-0.25, -0.2) is 4.99 Å². The number of nitriles is 1. The standard InChI is InChI=1S/C28H28F3N5O3/c1-27(2)13-23(37)36(26(33)35-27)24(16-9-7-15(14-32)8-10-16)18-11-19(18)25(38)34-20-12-22(28(29,30)31)39-21-6-4-3-5-17(20)21/h3-10,18-20,22,24H,11-13H2,1-2H3,(H2,33,35)(H,34,38)/t18-,19-,20-,22-,24?/m1/s1. The Bertz CT molecular complexity index is 1370. The summed E-state index contributed by atoms with van der Waals surface area (Å²) in [6.45, 7) is 3.61. The lowest BCUT2D eigenvalue weighted by Gasteiger charge is -2.38. The summed E-state index contributed by atoms with van der Waals surface area (Å²) in [4.78, 5) is 32.5. The predicted octanol–water partition coefficient (Wildman–Crippen LogP) is 4.13. The predicted molar refractivity (Wildman–Crippen MR) is 135 cm³/mol. The molecule has 39 heavy (non-hydrogen) atoms. The molecule has 8 nitrogen and oxygen atoms in total. The van der Waals surface area contributed by atoms with Gasteiger partial charge in [0.1, 0.15) is 5.75 Å². The largest absolute Gasteiger partial charge is 0.480 e. The van der Waals surface area contributed by atoms with Crippen molar-refractivity contribution in [1.82, 2.24) is 10.2 Å². The van der Waals surface area contributed by atoms with Gasteiger partial charge in [-0.05, 0) is 49.9 Å². The van der Waals surface area contributed by atoms with Crippen LogP contribution < -0.4 is 15.8 Å². The highest BCUT2D eigenvalue weighted by Crippen LogP contribution is 2.52. The Kier molecular flexibility index (Phi) is 6.53. The van der Waals surface area contributed by atoms with Crippen molar-refractivity contribution in [2.45, 2.75) is 63.0 Å². The lowest BCUT2D eigenvalue weighted by atomic mass is 9.93.